The number of aliphatic hydroxyl groups excluding tert-OH is 2. The minimum atomic E-state index is -5.53. The van der Waals surface area contributed by atoms with Crippen molar-refractivity contribution in [1.29, 1.82) is 0 Å². The Kier molecular flexibility index (Phi) is 20.2. The van der Waals surface area contributed by atoms with Crippen LogP contribution in [0.4, 0.5) is 23.4 Å². The maximum absolute atomic E-state index is 14.2. The number of fused-ring (bicyclic) bond motifs is 2. The summed E-state index contributed by atoms with van der Waals surface area (Å²) in [5.74, 6) is -0.554. The molecule has 532 valence electrons. The molecule has 5 aliphatic rings. The minimum absolute atomic E-state index is 0.00817. The van der Waals surface area contributed by atoms with E-state index in [1.54, 1.807) is 0 Å². The Balaban J connectivity index is 0.735. The quantitative estimate of drug-likeness (QED) is 0.0249. The highest BCUT2D eigenvalue weighted by atomic mass is 31.2. The number of aromatic nitrogens is 14. The molecule has 0 aromatic carbocycles. The number of aliphatic hydroxyl groups is 2. The average Bonchev–Trinajstić information content (AvgIpc) is 1.64. The molecule has 12 rings (SSSR count). The number of phosphoric ester groups is 4. The summed E-state index contributed by atoms with van der Waals surface area (Å²) in [5.41, 5.74) is 18.8. The van der Waals surface area contributed by atoms with Crippen LogP contribution in [0.1, 0.15) is 68.8 Å². The van der Waals surface area contributed by atoms with Gasteiger partial charge < -0.3 is 76.4 Å². The fourth-order valence-electron chi connectivity index (χ4n) is 11.4. The van der Waals surface area contributed by atoms with Gasteiger partial charge in [0.1, 0.15) is 110 Å². The van der Waals surface area contributed by atoms with E-state index in [1.807, 2.05) is 0 Å². The zero-order valence-electron chi connectivity index (χ0n) is 50.5. The smallest absolute Gasteiger partial charge is 0.394 e. The third-order valence-corrected chi connectivity index (χ3v) is 20.1. The molecule has 50 heteroatoms. The van der Waals surface area contributed by atoms with E-state index in [0.29, 0.717) is 0 Å². The summed E-state index contributed by atoms with van der Waals surface area (Å²) in [5, 5.41) is 21.0. The number of nitrogens with one attached hydrogen (secondary N) is 2. The molecule has 0 amide bonds. The van der Waals surface area contributed by atoms with Crippen molar-refractivity contribution < 1.29 is 108 Å². The third kappa shape index (κ3) is 15.7. The second kappa shape index (κ2) is 28.0. The Morgan fingerprint density at radius 2 is 0.939 bits per heavy atom. The van der Waals surface area contributed by atoms with E-state index in [1.165, 1.54) is 53.2 Å². The van der Waals surface area contributed by atoms with Gasteiger partial charge in [0.2, 0.25) is 5.95 Å². The van der Waals surface area contributed by atoms with E-state index in [9.17, 15) is 72.0 Å². The lowest BCUT2D eigenvalue weighted by molar-refractivity contribution is -0.0645. The number of H-pyrrole nitrogens is 2. The van der Waals surface area contributed by atoms with Crippen molar-refractivity contribution in [1.82, 2.24) is 67.7 Å². The van der Waals surface area contributed by atoms with Crippen LogP contribution in [-0.2, 0) is 78.1 Å². The summed E-state index contributed by atoms with van der Waals surface area (Å²) in [6.45, 7) is -3.25. The van der Waals surface area contributed by atoms with E-state index >= 15 is 0 Å². The fraction of sp³-hybridized carbons (Fsp3) is 0.542. The molecule has 7 aromatic rings. The number of rotatable bonds is 26. The Morgan fingerprint density at radius 1 is 0.520 bits per heavy atom. The summed E-state index contributed by atoms with van der Waals surface area (Å²) in [6.07, 6.45) is -16.2. The Bertz CT molecular complexity index is 4650. The topological polar surface area (TPSA) is 646 Å². The molecule has 16 N–H and O–H groups in total. The monoisotopic (exact) mass is 1460 g/mol. The highest BCUT2D eigenvalue weighted by Crippen LogP contribution is 2.55. The molecule has 46 nitrogen and oxygen atoms in total. The van der Waals surface area contributed by atoms with Crippen molar-refractivity contribution in [3.63, 3.8) is 0 Å². The standard InChI is InChI=1S/C48H62N18O28P4/c1-20-11-64(48(73)61-43(20)69)35-9-24(93-98(80,81)85-16-30-25(10-37(90-30)66-19-56-39-42(66)59-45(52)60-44(39)70)94-95(74,75)82-13-27-21(68)6-33(87-27)62-4-2-31(49)57-46(62)71)29(89-35)15-84-97(78,79)92-23-8-34(63-5-3-32(50)58-47(63)72)88-28(23)14-83-96(76,77)91-22-7-36(86-26(22)12-67)65-18-55-38-40(51)53-17-54-41(38)65/h2-5,11,17-19,21-30,33-37,67-68H,6-10,12-16H2,1H3,(H,74,75)(H,76,77)(H,78,79)(H,80,81)(H2,49,57,71)(H2,50,58,72)(H2,51,53,54)(H,61,69,73)(H3,52,59,60,70)/t21-,22-,23-,24-,25-,26+,27+,28+,29+,30+,33+,34+,35+,36+,37+/m0/s1. The number of hydrogen-bond donors (Lipinski definition) is 12. The van der Waals surface area contributed by atoms with Crippen molar-refractivity contribution in [2.24, 2.45) is 0 Å². The van der Waals surface area contributed by atoms with Crippen LogP contribution in [0, 0.1) is 6.92 Å². The second-order valence-electron chi connectivity index (χ2n) is 22.6. The highest BCUT2D eigenvalue weighted by molar-refractivity contribution is 7.48. The van der Waals surface area contributed by atoms with Crippen molar-refractivity contribution in [3.05, 3.63) is 107 Å². The molecular weight excluding hydrogens is 1400 g/mol. The summed E-state index contributed by atoms with van der Waals surface area (Å²) in [7, 11) is -21.5. The third-order valence-electron chi connectivity index (χ3n) is 16.0. The van der Waals surface area contributed by atoms with Crippen molar-refractivity contribution >= 4 is 77.0 Å². The number of anilines is 4. The predicted octanol–water partition coefficient (Wildman–Crippen LogP) is -2.54. The summed E-state index contributed by atoms with van der Waals surface area (Å²) < 4.78 is 134. The van der Waals surface area contributed by atoms with E-state index < -0.39 is 204 Å². The van der Waals surface area contributed by atoms with E-state index in [2.05, 4.69) is 44.9 Å². The van der Waals surface area contributed by atoms with Crippen molar-refractivity contribution in [2.45, 2.75) is 131 Å². The first-order valence-corrected chi connectivity index (χ1v) is 35.2. The van der Waals surface area contributed by atoms with Gasteiger partial charge in [-0.05, 0) is 19.1 Å². The lowest BCUT2D eigenvalue weighted by Crippen LogP contribution is -2.33. The van der Waals surface area contributed by atoms with Crippen LogP contribution < -0.4 is 51.1 Å². The van der Waals surface area contributed by atoms with Crippen LogP contribution >= 0.6 is 31.3 Å². The van der Waals surface area contributed by atoms with E-state index in [-0.39, 0.29) is 64.1 Å². The number of ether oxygens (including phenoxy) is 5. The molecule has 5 fully saturated rings. The molecule has 5 aliphatic heterocycles. The van der Waals surface area contributed by atoms with Crippen LogP contribution in [0.15, 0.2) is 73.7 Å². The number of phosphoric acid groups is 4. The van der Waals surface area contributed by atoms with E-state index in [0.717, 1.165) is 26.2 Å². The molecule has 98 heavy (non-hydrogen) atoms. The average molecular weight is 1460 g/mol. The van der Waals surface area contributed by atoms with Gasteiger partial charge in [-0.3, -0.25) is 78.6 Å². The summed E-state index contributed by atoms with van der Waals surface area (Å²) >= 11 is 0. The van der Waals surface area contributed by atoms with Crippen LogP contribution in [0.25, 0.3) is 22.3 Å². The lowest BCUT2D eigenvalue weighted by Gasteiger charge is -2.25. The minimum Gasteiger partial charge on any atom is -0.394 e. The van der Waals surface area contributed by atoms with Crippen LogP contribution in [-0.4, -0.2) is 192 Å². The lowest BCUT2D eigenvalue weighted by atomic mass is 10.2. The van der Waals surface area contributed by atoms with Crippen molar-refractivity contribution in [2.75, 3.05) is 56.0 Å². The SMILES string of the molecule is Cc1cn([C@H]2C[C@H](OP(=O)(O)OC[C@H]3O[C@@H](n4cnc5c(=O)[nH]c(N)nc54)C[C@@H]3OP(=O)(O)OC[C@H]3O[C@@H](n4ccc(N)nc4=O)C[C@@H]3O)[C@@H](COP(=O)(O)O[C@H]3C[C@H](n4ccc(N)nc4=O)O[C@@H]3COP(=O)(O)O[C@H]3C[C@H](n4cnc5c(N)ncnc54)O[C@@H]3CO)O2)c(=O)[nH]c1=O. The van der Waals surface area contributed by atoms with Crippen LogP contribution in [0.3, 0.4) is 0 Å². The van der Waals surface area contributed by atoms with Gasteiger partial charge in [0.25, 0.3) is 11.1 Å². The zero-order chi connectivity index (χ0) is 69.9. The van der Waals surface area contributed by atoms with Gasteiger partial charge in [-0.2, -0.15) is 15.0 Å². The van der Waals surface area contributed by atoms with Gasteiger partial charge >= 0.3 is 48.4 Å². The number of aryl methyl sites for hydroxylation is 1. The molecular formula is C48H62N18O28P4. The van der Waals surface area contributed by atoms with Gasteiger partial charge in [0, 0.05) is 56.3 Å². The van der Waals surface area contributed by atoms with Crippen molar-refractivity contribution in [3.8, 4) is 0 Å². The maximum Gasteiger partial charge on any atom is 0.472 e. The number of hydrogen-bond acceptors (Lipinski definition) is 35. The van der Waals surface area contributed by atoms with Gasteiger partial charge in [-0.25, -0.2) is 52.6 Å². The summed E-state index contributed by atoms with van der Waals surface area (Å²) in [4.78, 5) is 141. The summed E-state index contributed by atoms with van der Waals surface area (Å²) in [6, 6.07) is 2.53. The molecule has 4 unspecified atom stereocenters. The Labute approximate surface area is 545 Å². The van der Waals surface area contributed by atoms with Crippen LogP contribution in [0.5, 0.6) is 0 Å². The zero-order valence-corrected chi connectivity index (χ0v) is 54.1. The highest BCUT2D eigenvalue weighted by Gasteiger charge is 2.50. The number of nitrogen functional groups attached to an aromatic ring is 4. The number of nitrogens with two attached hydrogens (primary N) is 4. The van der Waals surface area contributed by atoms with Gasteiger partial charge in [-0.1, -0.05) is 0 Å². The van der Waals surface area contributed by atoms with Crippen LogP contribution in [0.2, 0.25) is 0 Å². The van der Waals surface area contributed by atoms with Gasteiger partial charge in [-0.15, -0.1) is 0 Å². The molecule has 0 aliphatic carbocycles. The largest absolute Gasteiger partial charge is 0.472 e. The number of aromatic amines is 2. The molecule has 0 radical (unpaired) electrons. The number of imidazole rings is 2. The van der Waals surface area contributed by atoms with E-state index in [4.69, 9.17) is 82.8 Å². The van der Waals surface area contributed by atoms with Gasteiger partial charge in [0.05, 0.1) is 51.8 Å². The molecule has 19 atom stereocenters. The first-order chi connectivity index (χ1) is 46.4. The Hall–Kier alpha value is -7.30. The molecule has 12 heterocycles. The predicted molar refractivity (Wildman–Crippen MR) is 323 cm³/mol. The van der Waals surface area contributed by atoms with Gasteiger partial charge in [0.15, 0.2) is 22.6 Å². The number of nitrogens with zero attached hydrogens (tertiary/aromatic N) is 12. The molecule has 7 aromatic heterocycles. The molecule has 5 saturated heterocycles. The fourth-order valence-corrected chi connectivity index (χ4v) is 15.2. The molecule has 0 bridgehead atoms. The maximum atomic E-state index is 14.2. The first-order valence-electron chi connectivity index (χ1n) is 29.2. The Morgan fingerprint density at radius 3 is 1.43 bits per heavy atom. The molecule has 0 spiro atoms. The molecule has 0 saturated carbocycles. The normalized spacial score (nSPS) is 29.8. The second-order valence-corrected chi connectivity index (χ2v) is 28.3. The first kappa shape index (κ1) is 70.6.